The van der Waals surface area contributed by atoms with Crippen molar-refractivity contribution in [3.63, 3.8) is 0 Å². The van der Waals surface area contributed by atoms with Crippen LogP contribution in [0.2, 0.25) is 0 Å². The van der Waals surface area contributed by atoms with Crippen LogP contribution in [0.3, 0.4) is 0 Å². The fourth-order valence-electron chi connectivity index (χ4n) is 3.50. The summed E-state index contributed by atoms with van der Waals surface area (Å²) < 4.78 is 5.22. The number of rotatable bonds is 9. The summed E-state index contributed by atoms with van der Waals surface area (Å²) >= 11 is 0. The summed E-state index contributed by atoms with van der Waals surface area (Å²) in [7, 11) is 0. The Morgan fingerprint density at radius 2 is 1.31 bits per heavy atom. The minimum atomic E-state index is -0.921. The van der Waals surface area contributed by atoms with Crippen LogP contribution in [0.25, 0.3) is 0 Å². The van der Waals surface area contributed by atoms with Crippen LogP contribution in [0.15, 0.2) is 104 Å². The third-order valence-electron chi connectivity index (χ3n) is 4.82. The predicted octanol–water partition coefficient (Wildman–Crippen LogP) is 3.66. The number of carbonyl (C=O) groups excluding carboxylic acids is 1. The molecule has 0 heterocycles. The van der Waals surface area contributed by atoms with Gasteiger partial charge in [0.2, 0.25) is 0 Å². The topological polar surface area (TPSA) is 58.6 Å². The standard InChI is InChI=1S/C25H25NO3/c1-2-18-29-24(28)23(19-27)26-25(20-12-6-3-7-13-20,21-14-8-4-9-15-21)22-16-10-5-11-17-22/h2-17,23,26-27H,1,18-19H2/t23-/m0/s1. The van der Waals surface area contributed by atoms with Gasteiger partial charge in [-0.05, 0) is 16.7 Å². The van der Waals surface area contributed by atoms with Gasteiger partial charge in [-0.2, -0.15) is 0 Å². The molecule has 0 saturated carbocycles. The molecule has 0 bridgehead atoms. The highest BCUT2D eigenvalue weighted by Gasteiger charge is 2.39. The maximum Gasteiger partial charge on any atom is 0.325 e. The maximum absolute atomic E-state index is 12.6. The van der Waals surface area contributed by atoms with E-state index >= 15 is 0 Å². The SMILES string of the molecule is C=CCOC(=O)[C@H](CO)NC(c1ccccc1)(c1ccccc1)c1ccccc1. The molecule has 0 aliphatic carbocycles. The van der Waals surface area contributed by atoms with Gasteiger partial charge < -0.3 is 9.84 Å². The zero-order valence-electron chi connectivity index (χ0n) is 16.2. The number of nitrogens with one attached hydrogen (secondary N) is 1. The Labute approximate surface area is 171 Å². The van der Waals surface area contributed by atoms with Crippen LogP contribution in [-0.2, 0) is 15.1 Å². The minimum Gasteiger partial charge on any atom is -0.460 e. The number of aliphatic hydroxyl groups is 1. The molecule has 3 rings (SSSR count). The lowest BCUT2D eigenvalue weighted by atomic mass is 9.76. The maximum atomic E-state index is 12.6. The fraction of sp³-hybridized carbons (Fsp3) is 0.160. The molecule has 0 radical (unpaired) electrons. The number of esters is 1. The Bertz CT molecular complexity index is 814. The lowest BCUT2D eigenvalue weighted by molar-refractivity contribution is -0.146. The largest absolute Gasteiger partial charge is 0.460 e. The number of aliphatic hydroxyl groups excluding tert-OH is 1. The normalized spacial score (nSPS) is 12.2. The van der Waals surface area contributed by atoms with Crippen molar-refractivity contribution < 1.29 is 14.6 Å². The van der Waals surface area contributed by atoms with Gasteiger partial charge in [0.1, 0.15) is 12.6 Å². The second-order valence-electron chi connectivity index (χ2n) is 6.65. The molecule has 0 unspecified atom stereocenters. The molecule has 4 nitrogen and oxygen atoms in total. The van der Waals surface area contributed by atoms with E-state index in [1.165, 1.54) is 6.08 Å². The van der Waals surface area contributed by atoms with Crippen molar-refractivity contribution in [2.45, 2.75) is 11.6 Å². The van der Waals surface area contributed by atoms with Gasteiger partial charge in [0.15, 0.2) is 0 Å². The summed E-state index contributed by atoms with van der Waals surface area (Å²) in [5.41, 5.74) is 2.00. The van der Waals surface area contributed by atoms with Crippen molar-refractivity contribution in [1.82, 2.24) is 5.32 Å². The molecule has 0 aliphatic heterocycles. The first kappa shape index (κ1) is 20.5. The predicted molar refractivity (Wildman–Crippen MR) is 114 cm³/mol. The van der Waals surface area contributed by atoms with Crippen molar-refractivity contribution in [2.24, 2.45) is 0 Å². The third-order valence-corrected chi connectivity index (χ3v) is 4.82. The van der Waals surface area contributed by atoms with Gasteiger partial charge in [0.05, 0.1) is 12.1 Å². The number of hydrogen-bond acceptors (Lipinski definition) is 4. The first-order valence-corrected chi connectivity index (χ1v) is 9.55. The van der Waals surface area contributed by atoms with Crippen molar-refractivity contribution in [2.75, 3.05) is 13.2 Å². The molecule has 0 saturated heterocycles. The molecule has 1 atom stereocenters. The Balaban J connectivity index is 2.19. The summed E-state index contributed by atoms with van der Waals surface area (Å²) in [5, 5.41) is 13.4. The van der Waals surface area contributed by atoms with E-state index in [0.29, 0.717) is 0 Å². The molecular weight excluding hydrogens is 362 g/mol. The average molecular weight is 387 g/mol. The van der Waals surface area contributed by atoms with Crippen LogP contribution >= 0.6 is 0 Å². The quantitative estimate of drug-likeness (QED) is 0.334. The molecule has 0 aliphatic rings. The van der Waals surface area contributed by atoms with E-state index in [9.17, 15) is 9.90 Å². The number of benzene rings is 3. The van der Waals surface area contributed by atoms with Gasteiger partial charge in [-0.1, -0.05) is 104 Å². The van der Waals surface area contributed by atoms with E-state index in [1.54, 1.807) is 0 Å². The molecular formula is C25H25NO3. The smallest absolute Gasteiger partial charge is 0.325 e. The average Bonchev–Trinajstić information content (AvgIpc) is 2.80. The van der Waals surface area contributed by atoms with Crippen LogP contribution in [0.5, 0.6) is 0 Å². The van der Waals surface area contributed by atoms with Crippen molar-refractivity contribution in [1.29, 1.82) is 0 Å². The highest BCUT2D eigenvalue weighted by molar-refractivity contribution is 5.76. The molecule has 4 heteroatoms. The summed E-state index contributed by atoms with van der Waals surface area (Å²) in [6, 6.07) is 28.8. The first-order chi connectivity index (χ1) is 14.2. The number of carbonyl (C=O) groups is 1. The Hall–Kier alpha value is -3.21. The van der Waals surface area contributed by atoms with E-state index in [1.807, 2.05) is 91.0 Å². The Morgan fingerprint density at radius 1 is 0.897 bits per heavy atom. The molecule has 2 N–H and O–H groups in total. The monoisotopic (exact) mass is 387 g/mol. The van der Waals surface area contributed by atoms with E-state index in [2.05, 4.69) is 11.9 Å². The molecule has 0 spiro atoms. The van der Waals surface area contributed by atoms with E-state index in [4.69, 9.17) is 4.74 Å². The lowest BCUT2D eigenvalue weighted by Crippen LogP contribution is -2.54. The summed E-state index contributed by atoms with van der Waals surface area (Å²) in [6.45, 7) is 3.27. The fourth-order valence-corrected chi connectivity index (χ4v) is 3.50. The second-order valence-corrected chi connectivity index (χ2v) is 6.65. The van der Waals surface area contributed by atoms with E-state index in [-0.39, 0.29) is 6.61 Å². The van der Waals surface area contributed by atoms with Crippen LogP contribution < -0.4 is 5.32 Å². The van der Waals surface area contributed by atoms with Crippen molar-refractivity contribution >= 4 is 5.97 Å². The van der Waals surface area contributed by atoms with Crippen LogP contribution in [0.4, 0.5) is 0 Å². The zero-order valence-corrected chi connectivity index (χ0v) is 16.2. The highest BCUT2D eigenvalue weighted by atomic mass is 16.5. The minimum absolute atomic E-state index is 0.0893. The molecule has 3 aromatic rings. The Morgan fingerprint density at radius 3 is 1.66 bits per heavy atom. The van der Waals surface area contributed by atoms with Crippen LogP contribution in [0, 0.1) is 0 Å². The van der Waals surface area contributed by atoms with Gasteiger partial charge in [0, 0.05) is 0 Å². The van der Waals surface area contributed by atoms with Crippen LogP contribution in [0.1, 0.15) is 16.7 Å². The first-order valence-electron chi connectivity index (χ1n) is 9.55. The van der Waals surface area contributed by atoms with Crippen LogP contribution in [-0.4, -0.2) is 30.3 Å². The molecule has 0 amide bonds. The van der Waals surface area contributed by atoms with Crippen molar-refractivity contribution in [3.8, 4) is 0 Å². The zero-order chi connectivity index (χ0) is 20.5. The second kappa shape index (κ2) is 9.82. The molecule has 29 heavy (non-hydrogen) atoms. The summed E-state index contributed by atoms with van der Waals surface area (Å²) in [4.78, 5) is 12.6. The van der Waals surface area contributed by atoms with Crippen molar-refractivity contribution in [3.05, 3.63) is 120 Å². The van der Waals surface area contributed by atoms with Gasteiger partial charge in [-0.25, -0.2) is 0 Å². The molecule has 0 fully saturated rings. The number of hydrogen-bond donors (Lipinski definition) is 2. The van der Waals surface area contributed by atoms with Gasteiger partial charge in [-0.3, -0.25) is 10.1 Å². The lowest BCUT2D eigenvalue weighted by Gasteiger charge is -2.39. The third kappa shape index (κ3) is 4.45. The molecule has 3 aromatic carbocycles. The van der Waals surface area contributed by atoms with E-state index in [0.717, 1.165) is 16.7 Å². The van der Waals surface area contributed by atoms with E-state index < -0.39 is 24.2 Å². The molecule has 0 aromatic heterocycles. The highest BCUT2D eigenvalue weighted by Crippen LogP contribution is 2.37. The summed E-state index contributed by atoms with van der Waals surface area (Å²) in [5.74, 6) is -0.528. The number of ether oxygens (including phenoxy) is 1. The van der Waals surface area contributed by atoms with Gasteiger partial charge in [-0.15, -0.1) is 0 Å². The van der Waals surface area contributed by atoms with Gasteiger partial charge in [0.25, 0.3) is 0 Å². The van der Waals surface area contributed by atoms with Gasteiger partial charge >= 0.3 is 5.97 Å². The summed E-state index contributed by atoms with van der Waals surface area (Å²) in [6.07, 6.45) is 1.51. The molecule has 148 valence electrons. The Kier molecular flexibility index (Phi) is 6.95.